The summed E-state index contributed by atoms with van der Waals surface area (Å²) in [5.74, 6) is 2.15. The van der Waals surface area contributed by atoms with E-state index in [0.717, 1.165) is 45.6 Å². The van der Waals surface area contributed by atoms with Gasteiger partial charge in [-0.15, -0.1) is 0 Å². The topological polar surface area (TPSA) is 90.4 Å². The number of nitrogens with zero attached hydrogens (tertiary/aromatic N) is 3. The Kier molecular flexibility index (Phi) is 9.91. The van der Waals surface area contributed by atoms with E-state index in [0.29, 0.717) is 42.8 Å². The van der Waals surface area contributed by atoms with Crippen LogP contribution in [0.3, 0.4) is 0 Å². The van der Waals surface area contributed by atoms with Gasteiger partial charge >= 0.3 is 0 Å². The SMILES string of the molecule is CCCC(=O)CCCN1CC2CC(C1)CN(CC(O)COc1ccc(S(=O)(=O)N(C)C)cc1)C2. The van der Waals surface area contributed by atoms with Gasteiger partial charge in [0.15, 0.2) is 0 Å². The number of aliphatic hydroxyl groups excluding tert-OH is 1. The van der Waals surface area contributed by atoms with Crippen LogP contribution in [-0.4, -0.2) is 99.5 Å². The van der Waals surface area contributed by atoms with Crippen molar-refractivity contribution < 1.29 is 23.1 Å². The van der Waals surface area contributed by atoms with Crippen LogP contribution in [0.1, 0.15) is 39.0 Å². The van der Waals surface area contributed by atoms with E-state index in [9.17, 15) is 18.3 Å². The number of piperidine rings is 2. The van der Waals surface area contributed by atoms with Crippen LogP contribution >= 0.6 is 0 Å². The average Bonchev–Trinajstić information content (AvgIpc) is 2.77. The van der Waals surface area contributed by atoms with E-state index >= 15 is 0 Å². The molecule has 3 unspecified atom stereocenters. The Labute approximate surface area is 204 Å². The molecule has 0 aliphatic carbocycles. The van der Waals surface area contributed by atoms with E-state index in [4.69, 9.17) is 4.74 Å². The van der Waals surface area contributed by atoms with Crippen molar-refractivity contribution in [2.45, 2.75) is 50.0 Å². The molecular formula is C25H41N3O5S. The van der Waals surface area contributed by atoms with Gasteiger partial charge in [0.2, 0.25) is 10.0 Å². The molecule has 0 saturated carbocycles. The number of hydrogen-bond acceptors (Lipinski definition) is 7. The fourth-order valence-corrected chi connectivity index (χ4v) is 6.09. The second-order valence-electron chi connectivity index (χ2n) is 10.1. The zero-order chi connectivity index (χ0) is 24.7. The predicted molar refractivity (Wildman–Crippen MR) is 132 cm³/mol. The van der Waals surface area contributed by atoms with Gasteiger partial charge in [-0.1, -0.05) is 6.92 Å². The Hall–Kier alpha value is -1.52. The largest absolute Gasteiger partial charge is 0.491 e. The van der Waals surface area contributed by atoms with Crippen molar-refractivity contribution in [1.82, 2.24) is 14.1 Å². The number of β-amino-alcohol motifs (C(OH)–C–C–N with tert-alkyl or cyclic N) is 1. The van der Waals surface area contributed by atoms with Gasteiger partial charge in [0.05, 0.1) is 4.90 Å². The lowest BCUT2D eigenvalue weighted by molar-refractivity contribution is -0.119. The zero-order valence-electron chi connectivity index (χ0n) is 20.9. The number of benzene rings is 1. The van der Waals surface area contributed by atoms with Crippen molar-refractivity contribution in [3.63, 3.8) is 0 Å². The van der Waals surface area contributed by atoms with Crippen LogP contribution in [0.5, 0.6) is 5.75 Å². The minimum Gasteiger partial charge on any atom is -0.491 e. The molecule has 9 heteroatoms. The monoisotopic (exact) mass is 495 g/mol. The summed E-state index contributed by atoms with van der Waals surface area (Å²) in [4.78, 5) is 16.9. The highest BCUT2D eigenvalue weighted by atomic mass is 32.2. The van der Waals surface area contributed by atoms with Gasteiger partial charge in [-0.3, -0.25) is 9.69 Å². The van der Waals surface area contributed by atoms with Crippen LogP contribution in [0.25, 0.3) is 0 Å². The van der Waals surface area contributed by atoms with Gasteiger partial charge in [0, 0.05) is 59.7 Å². The number of likely N-dealkylation sites (tertiary alicyclic amines) is 2. The number of ketones is 1. The van der Waals surface area contributed by atoms with Crippen LogP contribution in [-0.2, 0) is 14.8 Å². The molecule has 192 valence electrons. The maximum Gasteiger partial charge on any atom is 0.242 e. The summed E-state index contributed by atoms with van der Waals surface area (Å²) in [6.07, 6.45) is 3.94. The van der Waals surface area contributed by atoms with Crippen LogP contribution in [0.4, 0.5) is 0 Å². The van der Waals surface area contributed by atoms with Crippen LogP contribution in [0, 0.1) is 11.8 Å². The number of rotatable bonds is 13. The quantitative estimate of drug-likeness (QED) is 0.448. The molecule has 2 fully saturated rings. The molecule has 2 aliphatic rings. The molecule has 3 atom stereocenters. The molecule has 0 amide bonds. The minimum absolute atomic E-state index is 0.170. The summed E-state index contributed by atoms with van der Waals surface area (Å²) in [5.41, 5.74) is 0. The third-order valence-electron chi connectivity index (χ3n) is 6.70. The van der Waals surface area contributed by atoms with Gasteiger partial charge < -0.3 is 14.7 Å². The fraction of sp³-hybridized carbons (Fsp3) is 0.720. The first kappa shape index (κ1) is 27.1. The van der Waals surface area contributed by atoms with Crippen molar-refractivity contribution in [1.29, 1.82) is 0 Å². The highest BCUT2D eigenvalue weighted by Crippen LogP contribution is 2.29. The number of aliphatic hydroxyl groups is 1. The molecule has 0 radical (unpaired) electrons. The number of carbonyl (C=O) groups is 1. The maximum absolute atomic E-state index is 12.2. The highest BCUT2D eigenvalue weighted by Gasteiger charge is 2.34. The van der Waals surface area contributed by atoms with Crippen LogP contribution in [0.15, 0.2) is 29.2 Å². The fourth-order valence-electron chi connectivity index (χ4n) is 5.19. The van der Waals surface area contributed by atoms with Crippen molar-refractivity contribution in [2.24, 2.45) is 11.8 Å². The van der Waals surface area contributed by atoms with Crippen molar-refractivity contribution in [3.05, 3.63) is 24.3 Å². The summed E-state index contributed by atoms with van der Waals surface area (Å²) >= 11 is 0. The molecular weight excluding hydrogens is 454 g/mol. The first-order valence-corrected chi connectivity index (χ1v) is 13.9. The first-order valence-electron chi connectivity index (χ1n) is 12.5. The Balaban J connectivity index is 1.39. The lowest BCUT2D eigenvalue weighted by atomic mass is 9.84. The number of sulfonamides is 1. The summed E-state index contributed by atoms with van der Waals surface area (Å²) in [7, 11) is -0.466. The minimum atomic E-state index is -3.46. The third-order valence-corrected chi connectivity index (χ3v) is 8.53. The molecule has 1 aromatic carbocycles. The van der Waals surface area contributed by atoms with Crippen LogP contribution < -0.4 is 4.74 Å². The smallest absolute Gasteiger partial charge is 0.242 e. The Morgan fingerprint density at radius 3 is 2.29 bits per heavy atom. The van der Waals surface area contributed by atoms with Crippen molar-refractivity contribution in [2.75, 3.05) is 60.0 Å². The van der Waals surface area contributed by atoms with E-state index in [1.807, 2.05) is 0 Å². The molecule has 2 bridgehead atoms. The number of ether oxygens (including phenoxy) is 1. The van der Waals surface area contributed by atoms with Gasteiger partial charge in [0.25, 0.3) is 0 Å². The maximum atomic E-state index is 12.2. The predicted octanol–water partition coefficient (Wildman–Crippen LogP) is 2.08. The normalized spacial score (nSPS) is 22.6. The molecule has 1 N–H and O–H groups in total. The number of carbonyl (C=O) groups excluding carboxylic acids is 1. The summed E-state index contributed by atoms with van der Waals surface area (Å²) in [5, 5.41) is 10.5. The summed E-state index contributed by atoms with van der Waals surface area (Å²) in [6, 6.07) is 6.29. The van der Waals surface area contributed by atoms with E-state index in [1.165, 1.54) is 37.0 Å². The van der Waals surface area contributed by atoms with Gasteiger partial charge in [-0.25, -0.2) is 12.7 Å². The number of hydrogen-bond donors (Lipinski definition) is 1. The van der Waals surface area contributed by atoms with Crippen molar-refractivity contribution >= 4 is 15.8 Å². The average molecular weight is 496 g/mol. The Morgan fingerprint density at radius 1 is 1.09 bits per heavy atom. The Morgan fingerprint density at radius 2 is 1.71 bits per heavy atom. The molecule has 2 heterocycles. The number of fused-ring (bicyclic) bond motifs is 2. The van der Waals surface area contributed by atoms with E-state index in [2.05, 4.69) is 16.7 Å². The van der Waals surface area contributed by atoms with Crippen molar-refractivity contribution in [3.8, 4) is 5.75 Å². The standard InChI is InChI=1S/C25H41N3O5S/c1-4-6-22(29)7-5-12-27-14-20-13-21(15-27)17-28(16-20)18-23(30)19-33-24-8-10-25(11-9-24)34(31,32)26(2)3/h8-11,20-21,23,30H,4-7,12-19H2,1-3H3. The highest BCUT2D eigenvalue weighted by molar-refractivity contribution is 7.89. The third kappa shape index (κ3) is 7.75. The molecule has 8 nitrogen and oxygen atoms in total. The molecule has 2 saturated heterocycles. The molecule has 0 spiro atoms. The lowest BCUT2D eigenvalue weighted by Gasteiger charge is -2.46. The second kappa shape index (κ2) is 12.4. The first-order chi connectivity index (χ1) is 16.2. The van der Waals surface area contributed by atoms with E-state index in [1.54, 1.807) is 12.1 Å². The summed E-state index contributed by atoms with van der Waals surface area (Å²) < 4.78 is 31.2. The molecule has 1 aromatic rings. The van der Waals surface area contributed by atoms with Gasteiger partial charge in [0.1, 0.15) is 24.2 Å². The Bertz CT molecular complexity index is 876. The second-order valence-corrected chi connectivity index (χ2v) is 12.2. The number of Topliss-reactive ketones (excluding diaryl/α,β-unsaturated/α-hetero) is 1. The lowest BCUT2D eigenvalue weighted by Crippen LogP contribution is -2.54. The zero-order valence-corrected chi connectivity index (χ0v) is 21.7. The van der Waals surface area contributed by atoms with Gasteiger partial charge in [-0.05, 0) is 61.9 Å². The van der Waals surface area contributed by atoms with E-state index < -0.39 is 16.1 Å². The van der Waals surface area contributed by atoms with E-state index in [-0.39, 0.29) is 11.5 Å². The molecule has 3 rings (SSSR count). The molecule has 0 aromatic heterocycles. The molecule has 2 aliphatic heterocycles. The van der Waals surface area contributed by atoms with Gasteiger partial charge in [-0.2, -0.15) is 0 Å². The molecule has 34 heavy (non-hydrogen) atoms. The van der Waals surface area contributed by atoms with Crippen LogP contribution in [0.2, 0.25) is 0 Å². The summed E-state index contributed by atoms with van der Waals surface area (Å²) in [6.45, 7) is 7.92.